The summed E-state index contributed by atoms with van der Waals surface area (Å²) in [4.78, 5) is 24.8. The summed E-state index contributed by atoms with van der Waals surface area (Å²) < 4.78 is 56.5. The molecule has 0 aromatic heterocycles. The second kappa shape index (κ2) is 6.40. The molecule has 3 rings (SSSR count). The Balaban J connectivity index is 1.96. The number of hydrogen-bond donors (Lipinski definition) is 2. The van der Waals surface area contributed by atoms with Crippen molar-refractivity contribution in [3.05, 3.63) is 64.7 Å². The molecule has 0 aliphatic heterocycles. The van der Waals surface area contributed by atoms with Crippen LogP contribution < -0.4 is 4.72 Å². The molecule has 136 valence electrons. The van der Waals surface area contributed by atoms with Crippen molar-refractivity contribution in [3.8, 4) is 0 Å². The summed E-state index contributed by atoms with van der Waals surface area (Å²) in [5.74, 6) is -1.63. The second-order valence-electron chi connectivity index (χ2n) is 5.60. The molecule has 0 unspecified atom stereocenters. The Morgan fingerprint density at radius 2 is 1.35 bits per heavy atom. The fourth-order valence-corrected chi connectivity index (χ4v) is 4.18. The zero-order valence-corrected chi connectivity index (χ0v) is 14.8. The molecular weight excluding hydrogens is 382 g/mol. The van der Waals surface area contributed by atoms with Crippen LogP contribution in [0, 0.1) is 0 Å². The molecule has 1 aliphatic rings. The van der Waals surface area contributed by atoms with Crippen LogP contribution in [0.5, 0.6) is 0 Å². The smallest absolute Gasteiger partial charge is 0.266 e. The van der Waals surface area contributed by atoms with Gasteiger partial charge >= 0.3 is 0 Å². The van der Waals surface area contributed by atoms with Crippen molar-refractivity contribution in [1.82, 2.24) is 4.72 Å². The Hall–Kier alpha value is -2.40. The van der Waals surface area contributed by atoms with Crippen LogP contribution in [0.2, 0.25) is 0 Å². The zero-order chi connectivity index (χ0) is 19.1. The topological polar surface area (TPSA) is 135 Å². The molecule has 2 aromatic carbocycles. The fourth-order valence-electron chi connectivity index (χ4n) is 2.63. The molecule has 26 heavy (non-hydrogen) atoms. The van der Waals surface area contributed by atoms with Gasteiger partial charge in [-0.3, -0.25) is 14.1 Å². The molecule has 0 heterocycles. The molecule has 1 aliphatic carbocycles. The van der Waals surface area contributed by atoms with Gasteiger partial charge in [-0.25, -0.2) is 13.1 Å². The Kier molecular flexibility index (Phi) is 4.53. The Morgan fingerprint density at radius 1 is 0.808 bits per heavy atom. The maximum atomic E-state index is 12.6. The molecule has 0 bridgehead atoms. The molecule has 0 saturated heterocycles. The summed E-state index contributed by atoms with van der Waals surface area (Å²) in [6.07, 6.45) is 0. The summed E-state index contributed by atoms with van der Waals surface area (Å²) in [5, 5.41) is 0. The largest absolute Gasteiger partial charge is 0.289 e. The lowest BCUT2D eigenvalue weighted by Crippen LogP contribution is -2.29. The highest BCUT2D eigenvalue weighted by molar-refractivity contribution is 7.89. The molecule has 2 N–H and O–H groups in total. The van der Waals surface area contributed by atoms with Gasteiger partial charge in [-0.2, -0.15) is 8.42 Å². The predicted octanol–water partition coefficient (Wildman–Crippen LogP) is 0.628. The van der Waals surface area contributed by atoms with Crippen LogP contribution in [0.25, 0.3) is 0 Å². The maximum absolute atomic E-state index is 12.6. The van der Waals surface area contributed by atoms with Crippen molar-refractivity contribution in [3.63, 3.8) is 0 Å². The van der Waals surface area contributed by atoms with Crippen LogP contribution in [0.15, 0.2) is 47.4 Å². The van der Waals surface area contributed by atoms with Crippen molar-refractivity contribution >= 4 is 31.7 Å². The number of hydrogen-bond acceptors (Lipinski definition) is 6. The maximum Gasteiger partial charge on any atom is 0.266 e. The Morgan fingerprint density at radius 3 is 1.92 bits per heavy atom. The number of carbonyl (C=O) groups excluding carboxylic acids is 2. The molecule has 0 saturated carbocycles. The first-order chi connectivity index (χ1) is 12.1. The molecule has 0 atom stereocenters. The van der Waals surface area contributed by atoms with Crippen LogP contribution in [-0.2, 0) is 20.1 Å². The minimum absolute atomic E-state index is 0.0358. The van der Waals surface area contributed by atoms with Gasteiger partial charge in [0.15, 0.2) is 11.6 Å². The quantitative estimate of drug-likeness (QED) is 0.605. The third kappa shape index (κ3) is 3.44. The molecule has 0 amide bonds. The van der Waals surface area contributed by atoms with Crippen LogP contribution in [0.1, 0.15) is 31.8 Å². The van der Waals surface area contributed by atoms with Crippen LogP contribution in [-0.4, -0.2) is 45.3 Å². The standard InChI is InChI=1S/C16H13NO7S2/c18-15-11-3-1-2-4-12(11)16(19)14-9-10(5-6-13(14)15)26(23,24)17-7-8-25(20,21)22/h1-6,9,17H,7-8H2,(H,20,21,22). The lowest BCUT2D eigenvalue weighted by atomic mass is 9.84. The first kappa shape index (κ1) is 18.4. The highest BCUT2D eigenvalue weighted by Gasteiger charge is 2.30. The van der Waals surface area contributed by atoms with Gasteiger partial charge in [0.05, 0.1) is 10.6 Å². The molecular formula is C16H13NO7S2. The van der Waals surface area contributed by atoms with E-state index in [2.05, 4.69) is 0 Å². The van der Waals surface area contributed by atoms with Crippen LogP contribution >= 0.6 is 0 Å². The van der Waals surface area contributed by atoms with Gasteiger partial charge in [-0.05, 0) is 18.2 Å². The number of carbonyl (C=O) groups is 2. The highest BCUT2D eigenvalue weighted by atomic mass is 32.2. The molecule has 0 spiro atoms. The summed E-state index contributed by atoms with van der Waals surface area (Å²) in [6.45, 7) is -0.534. The van der Waals surface area contributed by atoms with E-state index in [1.54, 1.807) is 12.1 Å². The number of nitrogens with one attached hydrogen (secondary N) is 1. The van der Waals surface area contributed by atoms with E-state index in [0.717, 1.165) is 12.1 Å². The lowest BCUT2D eigenvalue weighted by molar-refractivity contribution is 0.0979. The van der Waals surface area contributed by atoms with Gasteiger partial charge in [-0.15, -0.1) is 0 Å². The minimum Gasteiger partial charge on any atom is -0.289 e. The van der Waals surface area contributed by atoms with Crippen LogP contribution in [0.4, 0.5) is 0 Å². The average Bonchev–Trinajstić information content (AvgIpc) is 2.58. The van der Waals surface area contributed by atoms with Gasteiger partial charge < -0.3 is 0 Å². The summed E-state index contributed by atoms with van der Waals surface area (Å²) >= 11 is 0. The molecule has 0 fully saturated rings. The number of benzene rings is 2. The van der Waals surface area contributed by atoms with E-state index >= 15 is 0 Å². The number of ketones is 2. The van der Waals surface area contributed by atoms with Crippen molar-refractivity contribution in [2.24, 2.45) is 0 Å². The second-order valence-corrected chi connectivity index (χ2v) is 8.93. The molecule has 10 heteroatoms. The molecule has 2 aromatic rings. The van der Waals surface area contributed by atoms with Crippen molar-refractivity contribution < 1.29 is 31.0 Å². The predicted molar refractivity (Wildman–Crippen MR) is 91.4 cm³/mol. The monoisotopic (exact) mass is 395 g/mol. The van der Waals surface area contributed by atoms with E-state index in [0.29, 0.717) is 0 Å². The van der Waals surface area contributed by atoms with E-state index in [4.69, 9.17) is 4.55 Å². The average molecular weight is 395 g/mol. The number of fused-ring (bicyclic) bond motifs is 2. The zero-order valence-electron chi connectivity index (χ0n) is 13.2. The lowest BCUT2D eigenvalue weighted by Gasteiger charge is -2.18. The SMILES string of the molecule is O=C1c2ccccc2C(=O)c2cc(S(=O)(=O)NCCS(=O)(=O)O)ccc21. The van der Waals surface area contributed by atoms with Crippen LogP contribution in [0.3, 0.4) is 0 Å². The van der Waals surface area contributed by atoms with Crippen molar-refractivity contribution in [2.75, 3.05) is 12.3 Å². The van der Waals surface area contributed by atoms with Gasteiger partial charge in [0.25, 0.3) is 10.1 Å². The van der Waals surface area contributed by atoms with Gasteiger partial charge in [-0.1, -0.05) is 24.3 Å². The van der Waals surface area contributed by atoms with E-state index in [1.165, 1.54) is 18.2 Å². The fraction of sp³-hybridized carbons (Fsp3) is 0.125. The first-order valence-electron chi connectivity index (χ1n) is 7.37. The van der Waals surface area contributed by atoms with E-state index in [-0.39, 0.29) is 32.9 Å². The third-order valence-corrected chi connectivity index (χ3v) is 6.04. The highest BCUT2D eigenvalue weighted by Crippen LogP contribution is 2.28. The van der Waals surface area contributed by atoms with Gasteiger partial charge in [0.2, 0.25) is 10.0 Å². The number of sulfonamides is 1. The van der Waals surface area contributed by atoms with Gasteiger partial charge in [0.1, 0.15) is 0 Å². The first-order valence-corrected chi connectivity index (χ1v) is 10.5. The molecule has 0 radical (unpaired) electrons. The Labute approximate surface area is 149 Å². The van der Waals surface area contributed by atoms with Gasteiger partial charge in [0, 0.05) is 28.8 Å². The van der Waals surface area contributed by atoms with E-state index < -0.39 is 38.2 Å². The van der Waals surface area contributed by atoms with Crippen molar-refractivity contribution in [1.29, 1.82) is 0 Å². The minimum atomic E-state index is -4.32. The van der Waals surface area contributed by atoms with E-state index in [1.807, 2.05) is 4.72 Å². The summed E-state index contributed by atoms with van der Waals surface area (Å²) in [7, 11) is -8.44. The van der Waals surface area contributed by atoms with Crippen molar-refractivity contribution in [2.45, 2.75) is 4.90 Å². The van der Waals surface area contributed by atoms with E-state index in [9.17, 15) is 26.4 Å². The Bertz CT molecular complexity index is 1130. The normalized spacial score (nSPS) is 14.0. The summed E-state index contributed by atoms with van der Waals surface area (Å²) in [6, 6.07) is 9.75. The third-order valence-electron chi connectivity index (χ3n) is 3.86. The molecule has 8 nitrogen and oxygen atoms in total. The number of rotatable bonds is 5. The summed E-state index contributed by atoms with van der Waals surface area (Å²) in [5.41, 5.74) is 0.516.